The van der Waals surface area contributed by atoms with Crippen molar-refractivity contribution < 1.29 is 14.6 Å². The van der Waals surface area contributed by atoms with Crippen molar-refractivity contribution in [1.29, 1.82) is 0 Å². The first-order valence-corrected chi connectivity index (χ1v) is 5.43. The number of benzene rings is 1. The van der Waals surface area contributed by atoms with E-state index in [1.165, 1.54) is 4.90 Å². The van der Waals surface area contributed by atoms with Crippen LogP contribution in [0, 0.1) is 0 Å². The first-order valence-electron chi connectivity index (χ1n) is 5.43. The van der Waals surface area contributed by atoms with E-state index in [-0.39, 0.29) is 0 Å². The normalized spacial score (nSPS) is 13.9. The van der Waals surface area contributed by atoms with Crippen molar-refractivity contribution in [2.45, 2.75) is 13.1 Å². The van der Waals surface area contributed by atoms with Gasteiger partial charge in [-0.05, 0) is 37.4 Å². The topological polar surface area (TPSA) is 53.0 Å². The smallest absolute Gasteiger partial charge is 0.407 e. The fourth-order valence-electron chi connectivity index (χ4n) is 1.80. The number of carboxylic acid groups (broad SMARTS) is 1. The summed E-state index contributed by atoms with van der Waals surface area (Å²) in [6, 6.07) is 5.73. The van der Waals surface area contributed by atoms with Crippen LogP contribution in [0.5, 0.6) is 5.75 Å². The molecule has 1 aliphatic rings. The SMILES string of the molecule is CN(C)COc1ccc2c(c1)CN(C(=O)O)C2. The average molecular weight is 236 g/mol. The van der Waals surface area contributed by atoms with Crippen LogP contribution >= 0.6 is 0 Å². The van der Waals surface area contributed by atoms with Crippen LogP contribution in [0.25, 0.3) is 0 Å². The van der Waals surface area contributed by atoms with Crippen molar-refractivity contribution in [3.63, 3.8) is 0 Å². The molecule has 0 aliphatic carbocycles. The molecule has 1 aliphatic heterocycles. The summed E-state index contributed by atoms with van der Waals surface area (Å²) in [5.41, 5.74) is 2.09. The molecule has 0 radical (unpaired) electrons. The summed E-state index contributed by atoms with van der Waals surface area (Å²) < 4.78 is 5.55. The zero-order chi connectivity index (χ0) is 12.4. The number of rotatable bonds is 3. The van der Waals surface area contributed by atoms with Gasteiger partial charge >= 0.3 is 6.09 Å². The van der Waals surface area contributed by atoms with Crippen LogP contribution in [0.1, 0.15) is 11.1 Å². The predicted octanol–water partition coefficient (Wildman–Crippen LogP) is 1.58. The molecule has 1 amide bonds. The third-order valence-electron chi connectivity index (χ3n) is 2.66. The lowest BCUT2D eigenvalue weighted by molar-refractivity contribution is 0.145. The summed E-state index contributed by atoms with van der Waals surface area (Å²) >= 11 is 0. The van der Waals surface area contributed by atoms with Gasteiger partial charge in [-0.15, -0.1) is 0 Å². The monoisotopic (exact) mass is 236 g/mol. The summed E-state index contributed by atoms with van der Waals surface area (Å²) in [5, 5.41) is 8.92. The molecule has 0 saturated carbocycles. The number of ether oxygens (including phenoxy) is 1. The van der Waals surface area contributed by atoms with Crippen LogP contribution < -0.4 is 4.74 Å². The maximum Gasteiger partial charge on any atom is 0.407 e. The molecule has 0 unspecified atom stereocenters. The number of nitrogens with zero attached hydrogens (tertiary/aromatic N) is 2. The Balaban J connectivity index is 2.07. The Morgan fingerprint density at radius 2 is 2.12 bits per heavy atom. The van der Waals surface area contributed by atoms with Crippen molar-refractivity contribution in [2.24, 2.45) is 0 Å². The Morgan fingerprint density at radius 1 is 1.41 bits per heavy atom. The summed E-state index contributed by atoms with van der Waals surface area (Å²) in [7, 11) is 3.86. The second-order valence-electron chi connectivity index (χ2n) is 4.42. The lowest BCUT2D eigenvalue weighted by atomic mass is 10.1. The molecular formula is C12H16N2O3. The first-order chi connectivity index (χ1) is 8.06. The van der Waals surface area contributed by atoms with E-state index in [2.05, 4.69) is 0 Å². The maximum atomic E-state index is 10.9. The quantitative estimate of drug-likeness (QED) is 0.809. The van der Waals surface area contributed by atoms with Gasteiger partial charge in [0.2, 0.25) is 0 Å². The minimum Gasteiger partial charge on any atom is -0.478 e. The number of fused-ring (bicyclic) bond motifs is 1. The second kappa shape index (κ2) is 4.63. The van der Waals surface area contributed by atoms with Gasteiger partial charge in [-0.3, -0.25) is 9.80 Å². The predicted molar refractivity (Wildman–Crippen MR) is 62.9 cm³/mol. The molecule has 1 aromatic rings. The standard InChI is InChI=1S/C12H16N2O3/c1-13(2)8-17-11-4-3-9-6-14(12(15)16)7-10(9)5-11/h3-5H,6-8H2,1-2H3,(H,15,16). The molecule has 0 saturated heterocycles. The molecule has 0 aromatic heterocycles. The van der Waals surface area contributed by atoms with Gasteiger partial charge in [0, 0.05) is 13.1 Å². The van der Waals surface area contributed by atoms with E-state index in [4.69, 9.17) is 9.84 Å². The Morgan fingerprint density at radius 3 is 2.76 bits per heavy atom. The van der Waals surface area contributed by atoms with Gasteiger partial charge in [-0.25, -0.2) is 4.79 Å². The van der Waals surface area contributed by atoms with Crippen LogP contribution in [-0.2, 0) is 13.1 Å². The highest BCUT2D eigenvalue weighted by atomic mass is 16.5. The Hall–Kier alpha value is -1.75. The van der Waals surface area contributed by atoms with Gasteiger partial charge in [0.1, 0.15) is 12.5 Å². The van der Waals surface area contributed by atoms with Crippen molar-refractivity contribution >= 4 is 6.09 Å². The summed E-state index contributed by atoms with van der Waals surface area (Å²) in [5.74, 6) is 0.782. The van der Waals surface area contributed by atoms with Crippen LogP contribution in [0.4, 0.5) is 4.79 Å². The highest BCUT2D eigenvalue weighted by molar-refractivity contribution is 5.66. The van der Waals surface area contributed by atoms with Crippen molar-refractivity contribution in [1.82, 2.24) is 9.80 Å². The summed E-state index contributed by atoms with van der Waals surface area (Å²) in [6.45, 7) is 1.43. The minimum atomic E-state index is -0.878. The van der Waals surface area contributed by atoms with E-state index >= 15 is 0 Å². The Bertz CT molecular complexity index is 432. The first kappa shape index (κ1) is 11.7. The van der Waals surface area contributed by atoms with E-state index in [0.717, 1.165) is 16.9 Å². The van der Waals surface area contributed by atoms with Gasteiger partial charge in [0.15, 0.2) is 0 Å². The zero-order valence-electron chi connectivity index (χ0n) is 10.0. The lowest BCUT2D eigenvalue weighted by Gasteiger charge is -2.12. The largest absolute Gasteiger partial charge is 0.478 e. The molecule has 0 bridgehead atoms. The van der Waals surface area contributed by atoms with Crippen LogP contribution in [0.3, 0.4) is 0 Å². The molecule has 0 spiro atoms. The molecule has 1 aromatic carbocycles. The van der Waals surface area contributed by atoms with E-state index in [9.17, 15) is 4.79 Å². The van der Waals surface area contributed by atoms with Crippen molar-refractivity contribution in [2.75, 3.05) is 20.8 Å². The molecule has 0 fully saturated rings. The van der Waals surface area contributed by atoms with Gasteiger partial charge in [-0.1, -0.05) is 6.07 Å². The van der Waals surface area contributed by atoms with Gasteiger partial charge < -0.3 is 9.84 Å². The van der Waals surface area contributed by atoms with E-state index in [1.54, 1.807) is 0 Å². The molecule has 1 heterocycles. The van der Waals surface area contributed by atoms with Crippen LogP contribution in [0.2, 0.25) is 0 Å². The van der Waals surface area contributed by atoms with E-state index in [0.29, 0.717) is 19.8 Å². The lowest BCUT2D eigenvalue weighted by Crippen LogP contribution is -2.22. The summed E-state index contributed by atoms with van der Waals surface area (Å²) in [4.78, 5) is 14.2. The molecule has 92 valence electrons. The second-order valence-corrected chi connectivity index (χ2v) is 4.42. The number of amides is 1. The molecule has 1 N–H and O–H groups in total. The van der Waals surface area contributed by atoms with Crippen LogP contribution in [0.15, 0.2) is 18.2 Å². The number of hydrogen-bond acceptors (Lipinski definition) is 3. The highest BCUT2D eigenvalue weighted by Crippen LogP contribution is 2.26. The van der Waals surface area contributed by atoms with E-state index < -0.39 is 6.09 Å². The maximum absolute atomic E-state index is 10.9. The number of hydrogen-bond donors (Lipinski definition) is 1. The molecule has 17 heavy (non-hydrogen) atoms. The summed E-state index contributed by atoms with van der Waals surface area (Å²) in [6.07, 6.45) is -0.878. The number of carbonyl (C=O) groups is 1. The third kappa shape index (κ3) is 2.68. The van der Waals surface area contributed by atoms with Gasteiger partial charge in [-0.2, -0.15) is 0 Å². The molecule has 0 atom stereocenters. The van der Waals surface area contributed by atoms with Crippen molar-refractivity contribution in [3.8, 4) is 5.75 Å². The fourth-order valence-corrected chi connectivity index (χ4v) is 1.80. The fraction of sp³-hybridized carbons (Fsp3) is 0.417. The van der Waals surface area contributed by atoms with E-state index in [1.807, 2.05) is 37.2 Å². The van der Waals surface area contributed by atoms with Gasteiger partial charge in [0.05, 0.1) is 0 Å². The zero-order valence-corrected chi connectivity index (χ0v) is 10.0. The Kier molecular flexibility index (Phi) is 3.19. The highest BCUT2D eigenvalue weighted by Gasteiger charge is 2.22. The molecule has 2 rings (SSSR count). The molecule has 5 nitrogen and oxygen atoms in total. The molecule has 5 heteroatoms. The molecular weight excluding hydrogens is 220 g/mol. The van der Waals surface area contributed by atoms with Gasteiger partial charge in [0.25, 0.3) is 0 Å². The minimum absolute atomic E-state index is 0.448. The third-order valence-corrected chi connectivity index (χ3v) is 2.66. The Labute approximate surface area is 100 Å². The van der Waals surface area contributed by atoms with Crippen LogP contribution in [-0.4, -0.2) is 41.8 Å². The average Bonchev–Trinajstić information content (AvgIpc) is 2.69. The van der Waals surface area contributed by atoms with Crippen molar-refractivity contribution in [3.05, 3.63) is 29.3 Å².